The van der Waals surface area contributed by atoms with E-state index in [2.05, 4.69) is 15.6 Å². The third kappa shape index (κ3) is 3.65. The minimum atomic E-state index is 0. The van der Waals surface area contributed by atoms with Gasteiger partial charge in [0.05, 0.1) is 0 Å². The van der Waals surface area contributed by atoms with Crippen molar-refractivity contribution in [2.75, 3.05) is 24.1 Å². The van der Waals surface area contributed by atoms with E-state index in [9.17, 15) is 0 Å². The van der Waals surface area contributed by atoms with Gasteiger partial charge >= 0.3 is 0 Å². The Labute approximate surface area is 124 Å². The normalized spacial score (nSPS) is 15.6. The van der Waals surface area contributed by atoms with Gasteiger partial charge in [-0.15, -0.1) is 24.8 Å². The number of piperidine rings is 1. The minimum absolute atomic E-state index is 0. The third-order valence-corrected chi connectivity index (χ3v) is 3.08. The van der Waals surface area contributed by atoms with Gasteiger partial charge in [-0.3, -0.25) is 0 Å². The molecule has 1 aliphatic rings. The molecular weight excluding hydrogens is 287 g/mol. The molecule has 2 heterocycles. The summed E-state index contributed by atoms with van der Waals surface area (Å²) in [5.41, 5.74) is 8.00. The lowest BCUT2D eigenvalue weighted by atomic mass is 10.1. The van der Waals surface area contributed by atoms with Crippen LogP contribution in [0.15, 0.2) is 22.6 Å². The van der Waals surface area contributed by atoms with E-state index < -0.39 is 0 Å². The summed E-state index contributed by atoms with van der Waals surface area (Å²) >= 11 is 0. The summed E-state index contributed by atoms with van der Waals surface area (Å²) in [5, 5.41) is 6.66. The highest BCUT2D eigenvalue weighted by atomic mass is 35.5. The van der Waals surface area contributed by atoms with E-state index in [1.54, 1.807) is 0 Å². The van der Waals surface area contributed by atoms with Gasteiger partial charge in [0.25, 0.3) is 6.01 Å². The first kappa shape index (κ1) is 15.9. The van der Waals surface area contributed by atoms with Crippen molar-refractivity contribution in [3.8, 4) is 0 Å². The van der Waals surface area contributed by atoms with Gasteiger partial charge in [-0.2, -0.15) is 4.98 Å². The number of nitrogen functional groups attached to an aromatic ring is 1. The monoisotopic (exact) mass is 304 g/mol. The van der Waals surface area contributed by atoms with E-state index in [0.29, 0.717) is 17.7 Å². The number of nitrogens with zero attached hydrogens (tertiary/aromatic N) is 1. The molecule has 1 aliphatic heterocycles. The molecule has 1 aromatic carbocycles. The molecule has 19 heavy (non-hydrogen) atoms. The molecule has 3 rings (SSSR count). The average molecular weight is 305 g/mol. The summed E-state index contributed by atoms with van der Waals surface area (Å²) in [5.74, 6) is 0. The zero-order valence-corrected chi connectivity index (χ0v) is 12.0. The molecule has 0 aliphatic carbocycles. The van der Waals surface area contributed by atoms with Gasteiger partial charge in [0.2, 0.25) is 0 Å². The van der Waals surface area contributed by atoms with E-state index in [-0.39, 0.29) is 24.8 Å². The van der Waals surface area contributed by atoms with Crippen LogP contribution in [-0.2, 0) is 0 Å². The van der Waals surface area contributed by atoms with E-state index in [1.807, 2.05) is 18.2 Å². The number of hydrogen-bond donors (Lipinski definition) is 3. The Morgan fingerprint density at radius 1 is 1.26 bits per heavy atom. The Bertz CT molecular complexity index is 525. The second-order valence-electron chi connectivity index (χ2n) is 4.41. The Balaban J connectivity index is 0.000000902. The van der Waals surface area contributed by atoms with E-state index in [1.165, 1.54) is 0 Å². The summed E-state index contributed by atoms with van der Waals surface area (Å²) in [6, 6.07) is 6.54. The first-order chi connectivity index (χ1) is 8.31. The molecule has 4 N–H and O–H groups in total. The maximum atomic E-state index is 5.71. The number of halogens is 2. The lowest BCUT2D eigenvalue weighted by Gasteiger charge is -2.22. The van der Waals surface area contributed by atoms with Crippen LogP contribution in [0.1, 0.15) is 12.8 Å². The third-order valence-electron chi connectivity index (χ3n) is 3.08. The van der Waals surface area contributed by atoms with Crippen molar-refractivity contribution in [1.82, 2.24) is 10.3 Å². The summed E-state index contributed by atoms with van der Waals surface area (Å²) in [4.78, 5) is 4.39. The minimum Gasteiger partial charge on any atom is -0.424 e. The van der Waals surface area contributed by atoms with Crippen LogP contribution in [-0.4, -0.2) is 24.1 Å². The van der Waals surface area contributed by atoms with Gasteiger partial charge in [-0.05, 0) is 44.1 Å². The smallest absolute Gasteiger partial charge is 0.295 e. The zero-order chi connectivity index (χ0) is 11.7. The Hall–Kier alpha value is -1.17. The van der Waals surface area contributed by atoms with Crippen molar-refractivity contribution in [2.24, 2.45) is 0 Å². The SMILES string of the molecule is Cl.Cl.Nc1ccc2oc(NC3CCNCC3)nc2c1. The summed E-state index contributed by atoms with van der Waals surface area (Å²) in [6.07, 6.45) is 2.20. The fourth-order valence-corrected chi connectivity index (χ4v) is 2.15. The average Bonchev–Trinajstić information content (AvgIpc) is 2.71. The standard InChI is InChI=1S/C12H16N4O.2ClH/c13-8-1-2-11-10(7-8)16-12(17-11)15-9-3-5-14-6-4-9;;/h1-2,7,9,14H,3-6,13H2,(H,15,16);2*1H. The van der Waals surface area contributed by atoms with Crippen molar-refractivity contribution in [3.63, 3.8) is 0 Å². The number of nitrogens with two attached hydrogens (primary N) is 1. The Morgan fingerprint density at radius 3 is 2.74 bits per heavy atom. The number of rotatable bonds is 2. The van der Waals surface area contributed by atoms with Gasteiger partial charge < -0.3 is 20.8 Å². The van der Waals surface area contributed by atoms with Gasteiger partial charge in [0, 0.05) is 11.7 Å². The molecule has 0 spiro atoms. The number of hydrogen-bond acceptors (Lipinski definition) is 5. The molecule has 0 saturated carbocycles. The number of fused-ring (bicyclic) bond motifs is 1. The van der Waals surface area contributed by atoms with Gasteiger partial charge in [-0.1, -0.05) is 0 Å². The van der Waals surface area contributed by atoms with E-state index >= 15 is 0 Å². The molecule has 0 amide bonds. The van der Waals surface area contributed by atoms with Crippen molar-refractivity contribution < 1.29 is 4.42 Å². The molecule has 0 unspecified atom stereocenters. The van der Waals surface area contributed by atoms with Crippen LogP contribution >= 0.6 is 24.8 Å². The highest BCUT2D eigenvalue weighted by Crippen LogP contribution is 2.22. The van der Waals surface area contributed by atoms with Crippen molar-refractivity contribution >= 4 is 47.6 Å². The summed E-state index contributed by atoms with van der Waals surface area (Å²) in [7, 11) is 0. The molecule has 0 bridgehead atoms. The molecule has 5 nitrogen and oxygen atoms in total. The molecule has 0 atom stereocenters. The zero-order valence-electron chi connectivity index (χ0n) is 10.4. The fraction of sp³-hybridized carbons (Fsp3) is 0.417. The van der Waals surface area contributed by atoms with E-state index in [4.69, 9.17) is 10.2 Å². The number of nitrogens with one attached hydrogen (secondary N) is 2. The number of aromatic nitrogens is 1. The first-order valence-corrected chi connectivity index (χ1v) is 5.94. The van der Waals surface area contributed by atoms with E-state index in [0.717, 1.165) is 37.0 Å². The molecule has 1 fully saturated rings. The van der Waals surface area contributed by atoms with Crippen LogP contribution in [0.5, 0.6) is 0 Å². The second-order valence-corrected chi connectivity index (χ2v) is 4.41. The lowest BCUT2D eigenvalue weighted by Crippen LogP contribution is -2.35. The maximum absolute atomic E-state index is 5.71. The Kier molecular flexibility index (Phi) is 5.72. The van der Waals surface area contributed by atoms with Crippen LogP contribution in [0.2, 0.25) is 0 Å². The topological polar surface area (TPSA) is 76.1 Å². The number of oxazole rings is 1. The number of benzene rings is 1. The van der Waals surface area contributed by atoms with Crippen LogP contribution in [0.3, 0.4) is 0 Å². The number of anilines is 2. The first-order valence-electron chi connectivity index (χ1n) is 5.94. The molecule has 2 aromatic rings. The highest BCUT2D eigenvalue weighted by Gasteiger charge is 2.15. The van der Waals surface area contributed by atoms with Crippen LogP contribution in [0.4, 0.5) is 11.7 Å². The van der Waals surface area contributed by atoms with Gasteiger partial charge in [-0.25, -0.2) is 0 Å². The van der Waals surface area contributed by atoms with Gasteiger partial charge in [0.15, 0.2) is 5.58 Å². The van der Waals surface area contributed by atoms with Crippen LogP contribution in [0.25, 0.3) is 11.1 Å². The van der Waals surface area contributed by atoms with Crippen molar-refractivity contribution in [2.45, 2.75) is 18.9 Å². The van der Waals surface area contributed by atoms with Crippen molar-refractivity contribution in [3.05, 3.63) is 18.2 Å². The molecule has 0 radical (unpaired) electrons. The summed E-state index contributed by atoms with van der Waals surface area (Å²) < 4.78 is 5.63. The van der Waals surface area contributed by atoms with Crippen molar-refractivity contribution in [1.29, 1.82) is 0 Å². The molecule has 1 aromatic heterocycles. The van der Waals surface area contributed by atoms with Crippen LogP contribution in [0, 0.1) is 0 Å². The Morgan fingerprint density at radius 2 is 2.00 bits per heavy atom. The largest absolute Gasteiger partial charge is 0.424 e. The molecule has 1 saturated heterocycles. The molecule has 106 valence electrons. The fourth-order valence-electron chi connectivity index (χ4n) is 2.15. The van der Waals surface area contributed by atoms with Crippen LogP contribution < -0.4 is 16.4 Å². The summed E-state index contributed by atoms with van der Waals surface area (Å²) in [6.45, 7) is 2.09. The van der Waals surface area contributed by atoms with Gasteiger partial charge in [0.1, 0.15) is 5.52 Å². The predicted octanol–water partition coefficient (Wildman–Crippen LogP) is 2.42. The molecular formula is C12H18Cl2N4O. The lowest BCUT2D eigenvalue weighted by molar-refractivity contribution is 0.466. The maximum Gasteiger partial charge on any atom is 0.295 e. The highest BCUT2D eigenvalue weighted by molar-refractivity contribution is 5.85. The molecule has 7 heteroatoms. The second kappa shape index (κ2) is 6.84. The quantitative estimate of drug-likeness (QED) is 0.743. The predicted molar refractivity (Wildman–Crippen MR) is 82.4 cm³/mol.